The number of aryl methyl sites for hydroxylation is 1. The molecule has 0 saturated carbocycles. The third kappa shape index (κ3) is 4.35. The minimum atomic E-state index is -3.59. The Morgan fingerprint density at radius 2 is 1.86 bits per heavy atom. The van der Waals surface area contributed by atoms with E-state index < -0.39 is 16.0 Å². The lowest BCUT2D eigenvalue weighted by atomic mass is 10.2. The number of rotatable bonds is 6. The van der Waals surface area contributed by atoms with Gasteiger partial charge in [0.2, 0.25) is 15.8 Å². The highest BCUT2D eigenvalue weighted by molar-refractivity contribution is 7.89. The van der Waals surface area contributed by atoms with Gasteiger partial charge in [0.05, 0.1) is 21.3 Å². The van der Waals surface area contributed by atoms with Gasteiger partial charge in [-0.3, -0.25) is 4.79 Å². The number of carbonyl (C=O) groups excluding carboxylic acids is 1. The molecule has 0 amide bonds. The molecular formula is C25H25N3O6S. The minimum Gasteiger partial charge on any atom is -0.452 e. The number of fused-ring (bicyclic) bond motifs is 2. The van der Waals surface area contributed by atoms with Crippen molar-refractivity contribution in [2.45, 2.75) is 44.2 Å². The Bertz CT molecular complexity index is 1580. The van der Waals surface area contributed by atoms with E-state index in [1.807, 2.05) is 11.5 Å². The third-order valence-corrected chi connectivity index (χ3v) is 8.13. The molecule has 0 bridgehead atoms. The van der Waals surface area contributed by atoms with Gasteiger partial charge in [-0.1, -0.05) is 18.6 Å². The average Bonchev–Trinajstić information content (AvgIpc) is 3.24. The summed E-state index contributed by atoms with van der Waals surface area (Å²) in [5.41, 5.74) is 1.22. The van der Waals surface area contributed by atoms with Crippen molar-refractivity contribution in [2.75, 3.05) is 13.1 Å². The van der Waals surface area contributed by atoms with Crippen LogP contribution in [0.25, 0.3) is 22.0 Å². The molecule has 1 aliphatic heterocycles. The van der Waals surface area contributed by atoms with Crippen molar-refractivity contribution in [2.24, 2.45) is 0 Å². The van der Waals surface area contributed by atoms with Gasteiger partial charge in [-0.15, -0.1) is 0 Å². The van der Waals surface area contributed by atoms with E-state index in [2.05, 4.69) is 4.98 Å². The van der Waals surface area contributed by atoms with Crippen LogP contribution < -0.4 is 5.43 Å². The van der Waals surface area contributed by atoms with Crippen LogP contribution in [0.3, 0.4) is 0 Å². The first-order valence-corrected chi connectivity index (χ1v) is 13.0. The number of nitrogens with zero attached hydrogens (tertiary/aromatic N) is 3. The van der Waals surface area contributed by atoms with Crippen molar-refractivity contribution in [1.82, 2.24) is 13.9 Å². The van der Waals surface area contributed by atoms with Crippen LogP contribution in [0.2, 0.25) is 0 Å². The fraction of sp³-hybridized carbons (Fsp3) is 0.320. The fourth-order valence-electron chi connectivity index (χ4n) is 4.44. The molecule has 0 atom stereocenters. The lowest BCUT2D eigenvalue weighted by Crippen LogP contribution is -2.35. The van der Waals surface area contributed by atoms with E-state index >= 15 is 0 Å². The molecule has 35 heavy (non-hydrogen) atoms. The number of para-hydroxylation sites is 1. The number of esters is 1. The molecular weight excluding hydrogens is 470 g/mol. The van der Waals surface area contributed by atoms with Gasteiger partial charge in [-0.2, -0.15) is 4.31 Å². The maximum absolute atomic E-state index is 13.1. The number of carbonyl (C=O) groups is 1. The molecule has 4 aromatic rings. The number of hydrogen-bond donors (Lipinski definition) is 0. The Hall–Kier alpha value is -3.50. The minimum absolute atomic E-state index is 0.161. The molecule has 2 aromatic carbocycles. The molecule has 0 spiro atoms. The van der Waals surface area contributed by atoms with E-state index in [1.165, 1.54) is 4.31 Å². The number of piperidine rings is 1. The first-order chi connectivity index (χ1) is 16.9. The number of hydrogen-bond acceptors (Lipinski definition) is 7. The van der Waals surface area contributed by atoms with E-state index in [1.54, 1.807) is 42.5 Å². The van der Waals surface area contributed by atoms with Crippen LogP contribution in [0.5, 0.6) is 0 Å². The van der Waals surface area contributed by atoms with E-state index in [0.717, 1.165) is 30.8 Å². The van der Waals surface area contributed by atoms with Gasteiger partial charge in [0.1, 0.15) is 18.0 Å². The standard InChI is InChI=1S/C25H25N3O6S/c1-2-28-20-11-10-17(35(31,32)27-12-6-3-7-13-27)14-19(20)26-24(28)16-33-25(30)23-15-21(29)18-8-4-5-9-22(18)34-23/h4-5,8-11,14-15H,2-3,6-7,12-13,16H2,1H3. The number of sulfonamides is 1. The Morgan fingerprint density at radius 1 is 1.09 bits per heavy atom. The maximum Gasteiger partial charge on any atom is 0.374 e. The smallest absolute Gasteiger partial charge is 0.374 e. The van der Waals surface area contributed by atoms with Crippen molar-refractivity contribution in [3.05, 3.63) is 70.3 Å². The van der Waals surface area contributed by atoms with Gasteiger partial charge in [0.15, 0.2) is 5.43 Å². The summed E-state index contributed by atoms with van der Waals surface area (Å²) in [7, 11) is -3.59. The van der Waals surface area contributed by atoms with E-state index in [9.17, 15) is 18.0 Å². The highest BCUT2D eigenvalue weighted by Crippen LogP contribution is 2.25. The highest BCUT2D eigenvalue weighted by atomic mass is 32.2. The monoisotopic (exact) mass is 495 g/mol. The van der Waals surface area contributed by atoms with Crippen LogP contribution >= 0.6 is 0 Å². The van der Waals surface area contributed by atoms with Crippen LogP contribution in [0.15, 0.2) is 62.6 Å². The first-order valence-electron chi connectivity index (χ1n) is 11.6. The van der Waals surface area contributed by atoms with Crippen molar-refractivity contribution in [3.63, 3.8) is 0 Å². The second-order valence-electron chi connectivity index (χ2n) is 8.43. The topological polar surface area (TPSA) is 112 Å². The summed E-state index contributed by atoms with van der Waals surface area (Å²) in [6.07, 6.45) is 2.76. The lowest BCUT2D eigenvalue weighted by Gasteiger charge is -2.25. The molecule has 10 heteroatoms. The van der Waals surface area contributed by atoms with Crippen LogP contribution in [-0.2, 0) is 27.9 Å². The molecule has 5 rings (SSSR count). The molecule has 0 aliphatic carbocycles. The molecule has 0 N–H and O–H groups in total. The Kier molecular flexibility index (Phi) is 6.16. The summed E-state index contributed by atoms with van der Waals surface area (Å²) in [6, 6.07) is 12.7. The summed E-state index contributed by atoms with van der Waals surface area (Å²) >= 11 is 0. The Labute approximate surface area is 202 Å². The molecule has 1 aliphatic rings. The zero-order valence-corrected chi connectivity index (χ0v) is 20.1. The van der Waals surface area contributed by atoms with E-state index in [0.29, 0.717) is 41.9 Å². The number of imidazole rings is 1. The quantitative estimate of drug-likeness (QED) is 0.375. The largest absolute Gasteiger partial charge is 0.452 e. The second kappa shape index (κ2) is 9.27. The normalized spacial score (nSPS) is 15.0. The number of aromatic nitrogens is 2. The summed E-state index contributed by atoms with van der Waals surface area (Å²) in [6.45, 7) is 3.36. The van der Waals surface area contributed by atoms with Gasteiger partial charge >= 0.3 is 5.97 Å². The first kappa shape index (κ1) is 23.3. The fourth-order valence-corrected chi connectivity index (χ4v) is 5.98. The lowest BCUT2D eigenvalue weighted by molar-refractivity contribution is 0.0422. The van der Waals surface area contributed by atoms with Gasteiger partial charge in [0, 0.05) is 25.7 Å². The average molecular weight is 496 g/mol. The third-order valence-electron chi connectivity index (χ3n) is 6.24. The van der Waals surface area contributed by atoms with Gasteiger partial charge < -0.3 is 13.7 Å². The molecule has 2 aromatic heterocycles. The number of benzene rings is 2. The molecule has 0 radical (unpaired) electrons. The van der Waals surface area contributed by atoms with Crippen molar-refractivity contribution >= 4 is 38.0 Å². The molecule has 1 fully saturated rings. The predicted octanol–water partition coefficient (Wildman–Crippen LogP) is 3.69. The summed E-state index contributed by atoms with van der Waals surface area (Å²) < 4.78 is 40.5. The van der Waals surface area contributed by atoms with Crippen LogP contribution in [0, 0.1) is 0 Å². The summed E-state index contributed by atoms with van der Waals surface area (Å²) in [5, 5.41) is 0.382. The van der Waals surface area contributed by atoms with Crippen LogP contribution in [0.4, 0.5) is 0 Å². The molecule has 1 saturated heterocycles. The summed E-state index contributed by atoms with van der Waals surface area (Å²) in [5.74, 6) is -0.509. The van der Waals surface area contributed by atoms with E-state index in [-0.39, 0.29) is 22.7 Å². The van der Waals surface area contributed by atoms with Gasteiger partial charge in [-0.25, -0.2) is 18.2 Å². The van der Waals surface area contributed by atoms with Crippen molar-refractivity contribution < 1.29 is 22.4 Å². The van der Waals surface area contributed by atoms with Crippen LogP contribution in [-0.4, -0.2) is 41.3 Å². The van der Waals surface area contributed by atoms with Gasteiger partial charge in [-0.05, 0) is 50.1 Å². The Morgan fingerprint density at radius 3 is 2.63 bits per heavy atom. The number of ether oxygens (including phenoxy) is 1. The highest BCUT2D eigenvalue weighted by Gasteiger charge is 2.27. The zero-order chi connectivity index (χ0) is 24.6. The molecule has 182 valence electrons. The van der Waals surface area contributed by atoms with Crippen molar-refractivity contribution in [1.29, 1.82) is 0 Å². The van der Waals surface area contributed by atoms with Crippen LogP contribution in [0.1, 0.15) is 42.6 Å². The zero-order valence-electron chi connectivity index (χ0n) is 19.3. The van der Waals surface area contributed by atoms with Crippen molar-refractivity contribution in [3.8, 4) is 0 Å². The molecule has 9 nitrogen and oxygen atoms in total. The molecule has 3 heterocycles. The second-order valence-corrected chi connectivity index (χ2v) is 10.4. The molecule has 0 unspecified atom stereocenters. The maximum atomic E-state index is 13.1. The van der Waals surface area contributed by atoms with E-state index in [4.69, 9.17) is 9.15 Å². The SMILES string of the molecule is CCn1c(COC(=O)c2cc(=O)c3ccccc3o2)nc2cc(S(=O)(=O)N3CCCCC3)ccc21. The Balaban J connectivity index is 1.40. The predicted molar refractivity (Wildman–Crippen MR) is 130 cm³/mol. The summed E-state index contributed by atoms with van der Waals surface area (Å²) in [4.78, 5) is 29.6. The van der Waals surface area contributed by atoms with Gasteiger partial charge in [0.25, 0.3) is 0 Å².